The Morgan fingerprint density at radius 2 is 1.88 bits per heavy atom. The zero-order valence-electron chi connectivity index (χ0n) is 13.9. The van der Waals surface area contributed by atoms with Crippen molar-refractivity contribution < 1.29 is 13.2 Å². The standard InChI is InChI=1S/C18H20N2O3S/c1-13-7-9-14(10-8-13)17-12-18(20(19-17)24(3,21)22)15-5-4-6-16(11-15)23-2/h4-11,18H,12H2,1-3H3. The van der Waals surface area contributed by atoms with Gasteiger partial charge >= 0.3 is 0 Å². The average Bonchev–Trinajstić information content (AvgIpc) is 3.01. The van der Waals surface area contributed by atoms with Gasteiger partial charge in [0.25, 0.3) is 0 Å². The summed E-state index contributed by atoms with van der Waals surface area (Å²) in [4.78, 5) is 0. The molecular formula is C18H20N2O3S. The highest BCUT2D eigenvalue weighted by molar-refractivity contribution is 7.88. The van der Waals surface area contributed by atoms with Gasteiger partial charge in [-0.15, -0.1) is 0 Å². The Labute approximate surface area is 142 Å². The second-order valence-electron chi connectivity index (χ2n) is 5.94. The van der Waals surface area contributed by atoms with Gasteiger partial charge in [0.15, 0.2) is 0 Å². The number of hydrazone groups is 1. The van der Waals surface area contributed by atoms with Crippen molar-refractivity contribution >= 4 is 15.7 Å². The van der Waals surface area contributed by atoms with E-state index in [-0.39, 0.29) is 6.04 Å². The smallest absolute Gasteiger partial charge is 0.247 e. The van der Waals surface area contributed by atoms with Crippen molar-refractivity contribution in [3.8, 4) is 5.75 Å². The van der Waals surface area contributed by atoms with E-state index in [1.54, 1.807) is 7.11 Å². The van der Waals surface area contributed by atoms with Gasteiger partial charge in [0.2, 0.25) is 10.0 Å². The highest BCUT2D eigenvalue weighted by atomic mass is 32.2. The van der Waals surface area contributed by atoms with Gasteiger partial charge in [-0.3, -0.25) is 0 Å². The van der Waals surface area contributed by atoms with Gasteiger partial charge in [-0.2, -0.15) is 9.52 Å². The Hall–Kier alpha value is -2.34. The first-order chi connectivity index (χ1) is 11.4. The topological polar surface area (TPSA) is 59.0 Å². The van der Waals surface area contributed by atoms with Crippen LogP contribution in [0.2, 0.25) is 0 Å². The SMILES string of the molecule is COc1cccc(C2CC(c3ccc(C)cc3)=NN2S(C)(=O)=O)c1. The molecule has 0 radical (unpaired) electrons. The van der Waals surface area contributed by atoms with Crippen LogP contribution in [0.15, 0.2) is 53.6 Å². The zero-order chi connectivity index (χ0) is 17.3. The van der Waals surface area contributed by atoms with Crippen LogP contribution in [0.4, 0.5) is 0 Å². The number of methoxy groups -OCH3 is 1. The molecule has 1 aliphatic heterocycles. The minimum absolute atomic E-state index is 0.355. The molecule has 0 saturated heterocycles. The molecule has 0 saturated carbocycles. The number of hydrogen-bond acceptors (Lipinski definition) is 4. The van der Waals surface area contributed by atoms with Crippen molar-refractivity contribution in [2.24, 2.45) is 5.10 Å². The molecule has 2 aromatic rings. The van der Waals surface area contributed by atoms with Gasteiger partial charge in [-0.1, -0.05) is 42.0 Å². The van der Waals surface area contributed by atoms with Crippen LogP contribution in [-0.4, -0.2) is 31.9 Å². The van der Waals surface area contributed by atoms with E-state index in [9.17, 15) is 8.42 Å². The molecule has 0 aliphatic carbocycles. The molecule has 0 fully saturated rings. The van der Waals surface area contributed by atoms with Gasteiger partial charge in [0.1, 0.15) is 5.75 Å². The number of aryl methyl sites for hydroxylation is 1. The van der Waals surface area contributed by atoms with Crippen LogP contribution < -0.4 is 4.74 Å². The summed E-state index contributed by atoms with van der Waals surface area (Å²) in [6.07, 6.45) is 1.71. The second kappa shape index (κ2) is 6.28. The van der Waals surface area contributed by atoms with E-state index >= 15 is 0 Å². The molecule has 24 heavy (non-hydrogen) atoms. The maximum atomic E-state index is 12.2. The first kappa shape index (κ1) is 16.5. The molecule has 1 atom stereocenters. The summed E-state index contributed by atoms with van der Waals surface area (Å²) in [5.41, 5.74) is 3.74. The fourth-order valence-corrected chi connectivity index (χ4v) is 3.72. The highest BCUT2D eigenvalue weighted by Crippen LogP contribution is 2.35. The molecule has 126 valence electrons. The van der Waals surface area contributed by atoms with Crippen LogP contribution in [0.25, 0.3) is 0 Å². The maximum Gasteiger partial charge on any atom is 0.247 e. The lowest BCUT2D eigenvalue weighted by Gasteiger charge is -2.21. The van der Waals surface area contributed by atoms with E-state index in [2.05, 4.69) is 5.10 Å². The predicted molar refractivity (Wildman–Crippen MR) is 94.8 cm³/mol. The number of ether oxygens (including phenoxy) is 1. The van der Waals surface area contributed by atoms with Crippen molar-refractivity contribution in [3.63, 3.8) is 0 Å². The molecule has 1 unspecified atom stereocenters. The maximum absolute atomic E-state index is 12.2. The summed E-state index contributed by atoms with van der Waals surface area (Å²) >= 11 is 0. The summed E-state index contributed by atoms with van der Waals surface area (Å²) in [5.74, 6) is 0.699. The summed E-state index contributed by atoms with van der Waals surface area (Å²) in [6.45, 7) is 2.02. The van der Waals surface area contributed by atoms with Gasteiger partial charge in [0.05, 0.1) is 25.1 Å². The van der Waals surface area contributed by atoms with Crippen molar-refractivity contribution in [2.75, 3.05) is 13.4 Å². The Morgan fingerprint density at radius 1 is 1.17 bits per heavy atom. The van der Waals surface area contributed by atoms with Crippen molar-refractivity contribution in [2.45, 2.75) is 19.4 Å². The highest BCUT2D eigenvalue weighted by Gasteiger charge is 2.34. The number of nitrogens with zero attached hydrogens (tertiary/aromatic N) is 2. The predicted octanol–water partition coefficient (Wildman–Crippen LogP) is 3.11. The molecule has 0 amide bonds. The molecule has 1 heterocycles. The molecule has 0 N–H and O–H groups in total. The van der Waals surface area contributed by atoms with Crippen LogP contribution in [0.3, 0.4) is 0 Å². The van der Waals surface area contributed by atoms with Crippen molar-refractivity contribution in [3.05, 3.63) is 65.2 Å². The second-order valence-corrected chi connectivity index (χ2v) is 7.78. The van der Waals surface area contributed by atoms with Gasteiger partial charge in [0, 0.05) is 6.42 Å². The Bertz CT molecular complexity index is 873. The van der Waals surface area contributed by atoms with Gasteiger partial charge in [-0.25, -0.2) is 8.42 Å². The fraction of sp³-hybridized carbons (Fsp3) is 0.278. The number of rotatable bonds is 4. The summed E-state index contributed by atoms with van der Waals surface area (Å²) in [7, 11) is -1.87. The normalized spacial score (nSPS) is 17.7. The van der Waals surface area contributed by atoms with Crippen LogP contribution in [0.5, 0.6) is 5.75 Å². The molecule has 3 rings (SSSR count). The quantitative estimate of drug-likeness (QED) is 0.856. The van der Waals surface area contributed by atoms with Crippen LogP contribution in [0, 0.1) is 6.92 Å². The van der Waals surface area contributed by atoms with E-state index in [0.717, 1.165) is 22.4 Å². The van der Waals surface area contributed by atoms with Crippen LogP contribution >= 0.6 is 0 Å². The Balaban J connectivity index is 2.00. The van der Waals surface area contributed by atoms with Crippen molar-refractivity contribution in [1.29, 1.82) is 0 Å². The zero-order valence-corrected chi connectivity index (χ0v) is 14.7. The Kier molecular flexibility index (Phi) is 4.32. The molecule has 1 aliphatic rings. The number of benzene rings is 2. The van der Waals surface area contributed by atoms with E-state index in [1.165, 1.54) is 10.7 Å². The number of sulfonamides is 1. The molecule has 6 heteroatoms. The molecule has 0 spiro atoms. The average molecular weight is 344 g/mol. The number of hydrogen-bond donors (Lipinski definition) is 0. The summed E-state index contributed by atoms with van der Waals surface area (Å²) in [5, 5.41) is 4.39. The van der Waals surface area contributed by atoms with Crippen molar-refractivity contribution in [1.82, 2.24) is 4.41 Å². The van der Waals surface area contributed by atoms with Crippen LogP contribution in [0.1, 0.15) is 29.2 Å². The minimum atomic E-state index is -3.46. The first-order valence-electron chi connectivity index (χ1n) is 7.66. The minimum Gasteiger partial charge on any atom is -0.497 e. The van der Waals surface area contributed by atoms with E-state index in [4.69, 9.17) is 4.74 Å². The summed E-state index contributed by atoms with van der Waals surface area (Å²) in [6, 6.07) is 15.1. The summed E-state index contributed by atoms with van der Waals surface area (Å²) < 4.78 is 30.8. The Morgan fingerprint density at radius 3 is 2.50 bits per heavy atom. The molecule has 0 bridgehead atoms. The van der Waals surface area contributed by atoms with E-state index in [0.29, 0.717) is 12.2 Å². The third-order valence-corrected chi connectivity index (χ3v) is 5.09. The lowest BCUT2D eigenvalue weighted by Crippen LogP contribution is -2.25. The van der Waals surface area contributed by atoms with Crippen LogP contribution in [-0.2, 0) is 10.0 Å². The molecular weight excluding hydrogens is 324 g/mol. The van der Waals surface area contributed by atoms with Gasteiger partial charge in [-0.05, 0) is 30.2 Å². The van der Waals surface area contributed by atoms with E-state index < -0.39 is 10.0 Å². The largest absolute Gasteiger partial charge is 0.497 e. The molecule has 5 nitrogen and oxygen atoms in total. The third-order valence-electron chi connectivity index (χ3n) is 4.08. The monoisotopic (exact) mass is 344 g/mol. The fourth-order valence-electron chi connectivity index (χ4n) is 2.81. The third kappa shape index (κ3) is 3.28. The van der Waals surface area contributed by atoms with E-state index in [1.807, 2.05) is 55.5 Å². The molecule has 2 aromatic carbocycles. The van der Waals surface area contributed by atoms with Gasteiger partial charge < -0.3 is 4.74 Å². The lowest BCUT2D eigenvalue weighted by atomic mass is 9.98. The first-order valence-corrected chi connectivity index (χ1v) is 9.51. The molecule has 0 aromatic heterocycles. The lowest BCUT2D eigenvalue weighted by molar-refractivity contribution is 0.371.